The van der Waals surface area contributed by atoms with Crippen LogP contribution >= 0.6 is 11.3 Å². The van der Waals surface area contributed by atoms with E-state index in [-0.39, 0.29) is 10.0 Å². The maximum absolute atomic E-state index is 12.3. The lowest BCUT2D eigenvalue weighted by molar-refractivity contribution is -0.141. The average molecular weight is 289 g/mol. The second-order valence-electron chi connectivity index (χ2n) is 3.39. The molecule has 2 aromatic rings. The number of thiazole rings is 1. The highest BCUT2D eigenvalue weighted by atomic mass is 32.1. The molecule has 9 heteroatoms. The lowest BCUT2D eigenvalue weighted by Gasteiger charge is -2.06. The van der Waals surface area contributed by atoms with Crippen LogP contribution in [0.3, 0.4) is 0 Å². The number of pyridine rings is 1. The van der Waals surface area contributed by atoms with Gasteiger partial charge in [-0.25, -0.2) is 14.8 Å². The monoisotopic (exact) mass is 289 g/mol. The lowest BCUT2D eigenvalue weighted by atomic mass is 10.3. The van der Waals surface area contributed by atoms with Crippen molar-refractivity contribution < 1.29 is 23.1 Å². The van der Waals surface area contributed by atoms with E-state index in [1.54, 1.807) is 0 Å². The molecular formula is C10H6F3N3O2S. The van der Waals surface area contributed by atoms with Crippen molar-refractivity contribution >= 4 is 28.1 Å². The quantitative estimate of drug-likeness (QED) is 0.908. The topological polar surface area (TPSA) is 75.1 Å². The van der Waals surface area contributed by atoms with E-state index in [0.29, 0.717) is 5.69 Å². The number of carbonyl (C=O) groups is 1. The summed E-state index contributed by atoms with van der Waals surface area (Å²) in [5.74, 6) is -1.11. The van der Waals surface area contributed by atoms with E-state index in [1.165, 1.54) is 6.07 Å². The van der Waals surface area contributed by atoms with Crippen molar-refractivity contribution in [2.75, 3.05) is 5.32 Å². The Kier molecular flexibility index (Phi) is 3.38. The first-order valence-electron chi connectivity index (χ1n) is 4.85. The van der Waals surface area contributed by atoms with Crippen LogP contribution in [-0.4, -0.2) is 21.0 Å². The van der Waals surface area contributed by atoms with Crippen molar-refractivity contribution in [3.8, 4) is 0 Å². The van der Waals surface area contributed by atoms with Gasteiger partial charge < -0.3 is 10.4 Å². The highest BCUT2D eigenvalue weighted by Gasteiger charge is 2.32. The smallest absolute Gasteiger partial charge is 0.433 e. The number of carboxylic acid groups (broad SMARTS) is 1. The second kappa shape index (κ2) is 4.84. The predicted molar refractivity (Wildman–Crippen MR) is 61.6 cm³/mol. The molecule has 0 bridgehead atoms. The van der Waals surface area contributed by atoms with Gasteiger partial charge in [0, 0.05) is 0 Å². The maximum atomic E-state index is 12.3. The summed E-state index contributed by atoms with van der Waals surface area (Å²) in [4.78, 5) is 17.7. The van der Waals surface area contributed by atoms with Gasteiger partial charge in [0.2, 0.25) is 0 Å². The van der Waals surface area contributed by atoms with Crippen molar-refractivity contribution in [2.24, 2.45) is 0 Å². The molecule has 0 saturated heterocycles. The lowest BCUT2D eigenvalue weighted by Crippen LogP contribution is -2.07. The Hall–Kier alpha value is -2.16. The number of halogens is 3. The third-order valence-electron chi connectivity index (χ3n) is 2.02. The van der Waals surface area contributed by atoms with E-state index in [4.69, 9.17) is 5.11 Å². The largest absolute Gasteiger partial charge is 0.477 e. The van der Waals surface area contributed by atoms with Gasteiger partial charge in [0.1, 0.15) is 10.6 Å². The molecule has 0 aliphatic carbocycles. The Labute approximate surface area is 108 Å². The SMILES string of the molecule is O=C(O)c1cnc(Nc2ccc(C(F)(F)F)nc2)s1. The minimum absolute atomic E-state index is 0.0300. The number of aromatic nitrogens is 2. The molecule has 0 fully saturated rings. The minimum Gasteiger partial charge on any atom is -0.477 e. The molecule has 2 heterocycles. The highest BCUT2D eigenvalue weighted by molar-refractivity contribution is 7.17. The highest BCUT2D eigenvalue weighted by Crippen LogP contribution is 2.28. The van der Waals surface area contributed by atoms with Crippen LogP contribution in [0.15, 0.2) is 24.5 Å². The Morgan fingerprint density at radius 3 is 2.47 bits per heavy atom. The van der Waals surface area contributed by atoms with E-state index in [2.05, 4.69) is 15.3 Å². The van der Waals surface area contributed by atoms with Crippen LogP contribution in [0, 0.1) is 0 Å². The summed E-state index contributed by atoms with van der Waals surface area (Å²) in [5.41, 5.74) is -0.706. The fourth-order valence-electron chi connectivity index (χ4n) is 1.19. The van der Waals surface area contributed by atoms with E-state index in [9.17, 15) is 18.0 Å². The number of carboxylic acids is 1. The molecular weight excluding hydrogens is 283 g/mol. The fraction of sp³-hybridized carbons (Fsp3) is 0.100. The summed E-state index contributed by atoms with van der Waals surface area (Å²) in [6, 6.07) is 2.02. The third-order valence-corrected chi connectivity index (χ3v) is 2.92. The Morgan fingerprint density at radius 1 is 1.26 bits per heavy atom. The molecule has 0 unspecified atom stereocenters. The number of alkyl halides is 3. The first-order chi connectivity index (χ1) is 8.86. The van der Waals surface area contributed by atoms with Gasteiger partial charge in [0.15, 0.2) is 5.13 Å². The molecule has 5 nitrogen and oxygen atoms in total. The van der Waals surface area contributed by atoms with Gasteiger partial charge in [0.05, 0.1) is 18.1 Å². The van der Waals surface area contributed by atoms with Gasteiger partial charge in [-0.05, 0) is 12.1 Å². The van der Waals surface area contributed by atoms with E-state index in [1.807, 2.05) is 0 Å². The summed E-state index contributed by atoms with van der Waals surface area (Å²) in [6.45, 7) is 0. The van der Waals surface area contributed by atoms with Gasteiger partial charge in [-0.3, -0.25) is 0 Å². The number of nitrogens with zero attached hydrogens (tertiary/aromatic N) is 2. The molecule has 2 N–H and O–H groups in total. The summed E-state index contributed by atoms with van der Waals surface area (Å²) < 4.78 is 36.8. The number of anilines is 2. The number of hydrogen-bond donors (Lipinski definition) is 2. The van der Waals surface area contributed by atoms with Crippen LogP contribution in [0.1, 0.15) is 15.4 Å². The van der Waals surface area contributed by atoms with E-state index >= 15 is 0 Å². The summed E-state index contributed by atoms with van der Waals surface area (Å²) >= 11 is 0.874. The average Bonchev–Trinajstić information content (AvgIpc) is 2.77. The van der Waals surface area contributed by atoms with Gasteiger partial charge in [-0.2, -0.15) is 13.2 Å². The summed E-state index contributed by atoms with van der Waals surface area (Å²) in [7, 11) is 0. The molecule has 100 valence electrons. The molecule has 0 saturated carbocycles. The van der Waals surface area contributed by atoms with E-state index < -0.39 is 17.8 Å². The standard InChI is InChI=1S/C10H6F3N3O2S/c11-10(12,13)7-2-1-5(3-14-7)16-9-15-4-6(19-9)8(17)18/h1-4H,(H,15,16)(H,17,18). The van der Waals surface area contributed by atoms with Crippen molar-refractivity contribution in [3.05, 3.63) is 35.1 Å². The Bertz CT molecular complexity index is 595. The van der Waals surface area contributed by atoms with Gasteiger partial charge in [-0.1, -0.05) is 11.3 Å². The molecule has 0 atom stereocenters. The number of hydrogen-bond acceptors (Lipinski definition) is 5. The van der Waals surface area contributed by atoms with Gasteiger partial charge in [0.25, 0.3) is 0 Å². The van der Waals surface area contributed by atoms with Crippen LogP contribution in [0.4, 0.5) is 24.0 Å². The van der Waals surface area contributed by atoms with Crippen LogP contribution in [0.25, 0.3) is 0 Å². The Morgan fingerprint density at radius 2 is 2.00 bits per heavy atom. The van der Waals surface area contributed by atoms with Crippen LogP contribution < -0.4 is 5.32 Å². The molecule has 0 amide bonds. The molecule has 19 heavy (non-hydrogen) atoms. The van der Waals surface area contributed by atoms with Crippen molar-refractivity contribution in [1.29, 1.82) is 0 Å². The normalized spacial score (nSPS) is 11.3. The van der Waals surface area contributed by atoms with Crippen LogP contribution in [-0.2, 0) is 6.18 Å². The fourth-order valence-corrected chi connectivity index (χ4v) is 1.87. The van der Waals surface area contributed by atoms with E-state index in [0.717, 1.165) is 29.8 Å². The number of nitrogens with one attached hydrogen (secondary N) is 1. The number of aromatic carboxylic acids is 1. The zero-order chi connectivity index (χ0) is 14.0. The van der Waals surface area contributed by atoms with Gasteiger partial charge >= 0.3 is 12.1 Å². The first kappa shape index (κ1) is 13.3. The minimum atomic E-state index is -4.49. The predicted octanol–water partition coefficient (Wildman–Crippen LogP) is 3.00. The van der Waals surface area contributed by atoms with Crippen molar-refractivity contribution in [2.45, 2.75) is 6.18 Å². The third kappa shape index (κ3) is 3.19. The summed E-state index contributed by atoms with van der Waals surface area (Å²) in [6.07, 6.45) is -2.33. The second-order valence-corrected chi connectivity index (χ2v) is 4.42. The first-order valence-corrected chi connectivity index (χ1v) is 5.67. The molecule has 0 radical (unpaired) electrons. The molecule has 0 aliphatic rings. The summed E-state index contributed by atoms with van der Waals surface area (Å²) in [5, 5.41) is 11.6. The maximum Gasteiger partial charge on any atom is 0.433 e. The van der Waals surface area contributed by atoms with Crippen molar-refractivity contribution in [1.82, 2.24) is 9.97 Å². The van der Waals surface area contributed by atoms with Crippen molar-refractivity contribution in [3.63, 3.8) is 0 Å². The van der Waals surface area contributed by atoms with Crippen LogP contribution in [0.5, 0.6) is 0 Å². The zero-order valence-corrected chi connectivity index (χ0v) is 9.92. The molecule has 2 aromatic heterocycles. The van der Waals surface area contributed by atoms with Gasteiger partial charge in [-0.15, -0.1) is 0 Å². The molecule has 0 aliphatic heterocycles. The number of rotatable bonds is 3. The molecule has 2 rings (SSSR count). The molecule has 0 aromatic carbocycles. The Balaban J connectivity index is 2.13. The zero-order valence-electron chi connectivity index (χ0n) is 9.10. The molecule has 0 spiro atoms. The van der Waals surface area contributed by atoms with Crippen LogP contribution in [0.2, 0.25) is 0 Å².